The van der Waals surface area contributed by atoms with E-state index < -0.39 is 5.97 Å². The summed E-state index contributed by atoms with van der Waals surface area (Å²) in [5.74, 6) is -0.287. The Morgan fingerprint density at radius 2 is 2.04 bits per heavy atom. The van der Waals surface area contributed by atoms with Gasteiger partial charge in [-0.3, -0.25) is 9.59 Å². The summed E-state index contributed by atoms with van der Waals surface area (Å²) in [6.45, 7) is 7.04. The summed E-state index contributed by atoms with van der Waals surface area (Å²) in [5, 5.41) is 9.22. The van der Waals surface area contributed by atoms with Crippen LogP contribution >= 0.6 is 11.8 Å². The van der Waals surface area contributed by atoms with Crippen molar-refractivity contribution < 1.29 is 14.7 Å². The van der Waals surface area contributed by atoms with Crippen molar-refractivity contribution in [3.8, 4) is 0 Å². The van der Waals surface area contributed by atoms with Gasteiger partial charge in [0.15, 0.2) is 0 Å². The van der Waals surface area contributed by atoms with Gasteiger partial charge in [-0.1, -0.05) is 30.7 Å². The summed E-state index contributed by atoms with van der Waals surface area (Å²) in [4.78, 5) is 26.9. The molecule has 130 valence electrons. The maximum Gasteiger partial charge on any atom is 0.306 e. The smallest absolute Gasteiger partial charge is 0.306 e. The first-order valence-corrected chi connectivity index (χ1v) is 9.26. The SMILES string of the molecule is CC(C)=CCSc1ccccc1C(=O)N1CCC(C(=O)O)C(C)C1. The van der Waals surface area contributed by atoms with Gasteiger partial charge in [0.05, 0.1) is 11.5 Å². The van der Waals surface area contributed by atoms with Crippen molar-refractivity contribution in [3.05, 3.63) is 41.5 Å². The van der Waals surface area contributed by atoms with Crippen LogP contribution in [0.25, 0.3) is 0 Å². The van der Waals surface area contributed by atoms with Gasteiger partial charge in [0, 0.05) is 23.7 Å². The number of amides is 1. The lowest BCUT2D eigenvalue weighted by Crippen LogP contribution is -2.45. The molecular weight excluding hydrogens is 322 g/mol. The van der Waals surface area contributed by atoms with Crippen LogP contribution in [-0.4, -0.2) is 40.7 Å². The minimum absolute atomic E-state index is 0.00555. The molecule has 0 saturated carbocycles. The maximum atomic E-state index is 12.9. The van der Waals surface area contributed by atoms with Crippen LogP contribution in [0.15, 0.2) is 40.8 Å². The Kier molecular flexibility index (Phi) is 6.49. The number of allylic oxidation sites excluding steroid dienone is 1. The minimum atomic E-state index is -0.757. The number of carboxylic acid groups (broad SMARTS) is 1. The van der Waals surface area contributed by atoms with E-state index in [1.54, 1.807) is 16.7 Å². The molecule has 0 aromatic heterocycles. The highest BCUT2D eigenvalue weighted by Gasteiger charge is 2.33. The monoisotopic (exact) mass is 347 g/mol. The Morgan fingerprint density at radius 1 is 1.33 bits per heavy atom. The predicted molar refractivity (Wildman–Crippen MR) is 97.4 cm³/mol. The maximum absolute atomic E-state index is 12.9. The van der Waals surface area contributed by atoms with Gasteiger partial charge in [-0.05, 0) is 38.3 Å². The molecule has 1 N–H and O–H groups in total. The van der Waals surface area contributed by atoms with E-state index in [4.69, 9.17) is 0 Å². The first kappa shape index (κ1) is 18.6. The summed E-state index contributed by atoms with van der Waals surface area (Å²) in [6, 6.07) is 7.66. The van der Waals surface area contributed by atoms with Crippen molar-refractivity contribution in [3.63, 3.8) is 0 Å². The number of aliphatic carboxylic acids is 1. The molecule has 2 unspecified atom stereocenters. The molecule has 2 atom stereocenters. The molecule has 4 nitrogen and oxygen atoms in total. The number of carboxylic acids is 1. The van der Waals surface area contributed by atoms with Crippen LogP contribution in [0.3, 0.4) is 0 Å². The largest absolute Gasteiger partial charge is 0.481 e. The number of carbonyl (C=O) groups excluding carboxylic acids is 1. The van der Waals surface area contributed by atoms with E-state index in [1.165, 1.54) is 5.57 Å². The summed E-state index contributed by atoms with van der Waals surface area (Å²) < 4.78 is 0. The average molecular weight is 347 g/mol. The fraction of sp³-hybridized carbons (Fsp3) is 0.474. The number of hydrogen-bond donors (Lipinski definition) is 1. The molecule has 0 aliphatic carbocycles. The fourth-order valence-electron chi connectivity index (χ4n) is 2.93. The standard InChI is InChI=1S/C19H25NO3S/c1-13(2)9-11-24-17-7-5-4-6-16(17)18(21)20-10-8-15(19(22)23)14(3)12-20/h4-7,9,14-15H,8,10-12H2,1-3H3,(H,22,23). The van der Waals surface area contributed by atoms with E-state index in [0.717, 1.165) is 10.6 Å². The number of carbonyl (C=O) groups is 2. The highest BCUT2D eigenvalue weighted by molar-refractivity contribution is 7.99. The number of benzene rings is 1. The molecule has 1 aliphatic rings. The molecule has 1 aliphatic heterocycles. The van der Waals surface area contributed by atoms with Crippen molar-refractivity contribution in [2.24, 2.45) is 11.8 Å². The van der Waals surface area contributed by atoms with E-state index >= 15 is 0 Å². The van der Waals surface area contributed by atoms with Crippen molar-refractivity contribution in [1.82, 2.24) is 4.90 Å². The zero-order valence-electron chi connectivity index (χ0n) is 14.5. The Balaban J connectivity index is 2.10. The number of likely N-dealkylation sites (tertiary alicyclic amines) is 1. The van der Waals surface area contributed by atoms with E-state index in [9.17, 15) is 14.7 Å². The van der Waals surface area contributed by atoms with Gasteiger partial charge in [-0.25, -0.2) is 0 Å². The third-order valence-electron chi connectivity index (χ3n) is 4.36. The van der Waals surface area contributed by atoms with Crippen LogP contribution < -0.4 is 0 Å². The molecule has 1 amide bonds. The van der Waals surface area contributed by atoms with E-state index in [-0.39, 0.29) is 17.7 Å². The van der Waals surface area contributed by atoms with Crippen LogP contribution in [-0.2, 0) is 4.79 Å². The average Bonchev–Trinajstić information content (AvgIpc) is 2.54. The molecule has 1 aromatic carbocycles. The Bertz CT molecular complexity index is 637. The van der Waals surface area contributed by atoms with E-state index in [1.807, 2.05) is 31.2 Å². The number of thioether (sulfide) groups is 1. The molecule has 1 heterocycles. The van der Waals surface area contributed by atoms with Gasteiger partial charge in [0.1, 0.15) is 0 Å². The predicted octanol–water partition coefficient (Wildman–Crippen LogP) is 3.93. The van der Waals surface area contributed by atoms with Gasteiger partial charge < -0.3 is 10.0 Å². The molecule has 0 radical (unpaired) electrons. The molecule has 0 bridgehead atoms. The Labute approximate surface area is 147 Å². The first-order valence-electron chi connectivity index (χ1n) is 8.27. The third-order valence-corrected chi connectivity index (χ3v) is 5.36. The zero-order chi connectivity index (χ0) is 17.7. The topological polar surface area (TPSA) is 57.6 Å². The summed E-state index contributed by atoms with van der Waals surface area (Å²) in [7, 11) is 0. The van der Waals surface area contributed by atoms with Gasteiger partial charge in [-0.15, -0.1) is 11.8 Å². The lowest BCUT2D eigenvalue weighted by molar-refractivity contribution is -0.145. The summed E-state index contributed by atoms with van der Waals surface area (Å²) in [5.41, 5.74) is 1.97. The quantitative estimate of drug-likeness (QED) is 0.648. The number of rotatable bonds is 5. The molecular formula is C19H25NO3S. The highest BCUT2D eigenvalue weighted by Crippen LogP contribution is 2.28. The van der Waals surface area contributed by atoms with Crippen LogP contribution in [0.2, 0.25) is 0 Å². The van der Waals surface area contributed by atoms with Gasteiger partial charge in [-0.2, -0.15) is 0 Å². The van der Waals surface area contributed by atoms with Gasteiger partial charge in [0.25, 0.3) is 5.91 Å². The molecule has 0 spiro atoms. The van der Waals surface area contributed by atoms with E-state index in [2.05, 4.69) is 19.9 Å². The van der Waals surface area contributed by atoms with Crippen LogP contribution in [0.5, 0.6) is 0 Å². The fourth-order valence-corrected chi connectivity index (χ4v) is 4.02. The summed E-state index contributed by atoms with van der Waals surface area (Å²) in [6.07, 6.45) is 2.67. The second-order valence-electron chi connectivity index (χ2n) is 6.55. The van der Waals surface area contributed by atoms with Crippen molar-refractivity contribution in [2.45, 2.75) is 32.1 Å². The molecule has 5 heteroatoms. The van der Waals surface area contributed by atoms with Crippen LogP contribution in [0.4, 0.5) is 0 Å². The number of nitrogens with zero attached hydrogens (tertiary/aromatic N) is 1. The van der Waals surface area contributed by atoms with Gasteiger partial charge >= 0.3 is 5.97 Å². The van der Waals surface area contributed by atoms with Crippen molar-refractivity contribution >= 4 is 23.6 Å². The third kappa shape index (κ3) is 4.63. The van der Waals surface area contributed by atoms with Crippen molar-refractivity contribution in [2.75, 3.05) is 18.8 Å². The molecule has 1 fully saturated rings. The normalized spacial score (nSPS) is 20.5. The second-order valence-corrected chi connectivity index (χ2v) is 7.61. The van der Waals surface area contributed by atoms with Crippen LogP contribution in [0.1, 0.15) is 37.6 Å². The molecule has 1 aromatic rings. The number of hydrogen-bond acceptors (Lipinski definition) is 3. The lowest BCUT2D eigenvalue weighted by atomic mass is 9.87. The minimum Gasteiger partial charge on any atom is -0.481 e. The first-order chi connectivity index (χ1) is 11.4. The van der Waals surface area contributed by atoms with E-state index in [0.29, 0.717) is 25.1 Å². The number of piperidine rings is 1. The second kappa shape index (κ2) is 8.38. The zero-order valence-corrected chi connectivity index (χ0v) is 15.3. The lowest BCUT2D eigenvalue weighted by Gasteiger charge is -2.35. The summed E-state index contributed by atoms with van der Waals surface area (Å²) >= 11 is 1.66. The highest BCUT2D eigenvalue weighted by atomic mass is 32.2. The van der Waals surface area contributed by atoms with Crippen molar-refractivity contribution in [1.29, 1.82) is 0 Å². The Hall–Kier alpha value is -1.75. The molecule has 2 rings (SSSR count). The van der Waals surface area contributed by atoms with Crippen LogP contribution in [0, 0.1) is 11.8 Å². The molecule has 1 saturated heterocycles. The Morgan fingerprint density at radius 3 is 2.67 bits per heavy atom. The van der Waals surface area contributed by atoms with Gasteiger partial charge in [0.2, 0.25) is 0 Å². The molecule has 24 heavy (non-hydrogen) atoms.